The van der Waals surface area contributed by atoms with Crippen LogP contribution >= 0.6 is 0 Å². The molecule has 0 spiro atoms. The van der Waals surface area contributed by atoms with Gasteiger partial charge in [-0.15, -0.1) is 0 Å². The molecule has 0 aliphatic carbocycles. The van der Waals surface area contributed by atoms with Crippen LogP contribution in [0.2, 0.25) is 0 Å². The van der Waals surface area contributed by atoms with Gasteiger partial charge in [-0.25, -0.2) is 0 Å². The van der Waals surface area contributed by atoms with Gasteiger partial charge in [0, 0.05) is 57.2 Å². The Balaban J connectivity index is 1.70. The van der Waals surface area contributed by atoms with Gasteiger partial charge in [0.25, 0.3) is 0 Å². The van der Waals surface area contributed by atoms with Crippen molar-refractivity contribution in [1.29, 1.82) is 5.26 Å². The number of methoxy groups -OCH3 is 1. The van der Waals surface area contributed by atoms with Crippen LogP contribution in [0, 0.1) is 17.2 Å². The number of ether oxygens (including phenoxy) is 2. The number of likely N-dealkylation sites (tertiary alicyclic amines) is 1. The number of hydrogen-bond acceptors (Lipinski definition) is 6. The van der Waals surface area contributed by atoms with E-state index in [9.17, 15) is 5.26 Å². The minimum Gasteiger partial charge on any atom is -0.446 e. The first-order chi connectivity index (χ1) is 14.1. The van der Waals surface area contributed by atoms with Gasteiger partial charge in [-0.05, 0) is 43.5 Å². The van der Waals surface area contributed by atoms with Gasteiger partial charge in [0.1, 0.15) is 6.07 Å². The molecule has 0 aromatic heterocycles. The van der Waals surface area contributed by atoms with Crippen molar-refractivity contribution in [2.75, 3.05) is 44.7 Å². The van der Waals surface area contributed by atoms with Crippen LogP contribution in [0.15, 0.2) is 35.7 Å². The third-order valence-corrected chi connectivity index (χ3v) is 6.94. The predicted molar refractivity (Wildman–Crippen MR) is 113 cm³/mol. The molecule has 3 aliphatic heterocycles. The fraction of sp³-hybridized carbons (Fsp3) is 0.609. The normalized spacial score (nSPS) is 30.4. The largest absolute Gasteiger partial charge is 0.446 e. The van der Waals surface area contributed by atoms with Gasteiger partial charge >= 0.3 is 0 Å². The lowest BCUT2D eigenvalue weighted by Crippen LogP contribution is -2.58. The van der Waals surface area contributed by atoms with Gasteiger partial charge in [-0.3, -0.25) is 0 Å². The lowest BCUT2D eigenvalue weighted by atomic mass is 9.72. The molecule has 1 aromatic carbocycles. The third-order valence-electron chi connectivity index (χ3n) is 6.94. The van der Waals surface area contributed by atoms with Crippen molar-refractivity contribution in [3.8, 4) is 6.07 Å². The maximum atomic E-state index is 9.89. The van der Waals surface area contributed by atoms with Crippen LogP contribution in [-0.2, 0) is 9.47 Å². The van der Waals surface area contributed by atoms with E-state index >= 15 is 0 Å². The minimum absolute atomic E-state index is 0.0176. The molecule has 3 aliphatic rings. The number of fused-ring (bicyclic) bond motifs is 1. The topological polar surface area (TPSA) is 74.7 Å². The van der Waals surface area contributed by atoms with E-state index in [-0.39, 0.29) is 17.7 Å². The molecule has 2 fully saturated rings. The number of rotatable bonds is 4. The lowest BCUT2D eigenvalue weighted by Gasteiger charge is -2.51. The van der Waals surface area contributed by atoms with Gasteiger partial charge in [0.2, 0.25) is 11.7 Å². The van der Waals surface area contributed by atoms with Gasteiger partial charge in [-0.1, -0.05) is 19.1 Å². The summed E-state index contributed by atoms with van der Waals surface area (Å²) in [5, 5.41) is 9.89. The molecule has 3 atom stereocenters. The zero-order valence-electron chi connectivity index (χ0n) is 17.6. The van der Waals surface area contributed by atoms with Crippen molar-refractivity contribution in [3.63, 3.8) is 0 Å². The van der Waals surface area contributed by atoms with Gasteiger partial charge in [0.15, 0.2) is 0 Å². The molecule has 4 rings (SSSR count). The molecule has 2 saturated heterocycles. The zero-order chi connectivity index (χ0) is 20.4. The number of benzene rings is 1. The van der Waals surface area contributed by atoms with Crippen LogP contribution < -0.4 is 10.6 Å². The highest BCUT2D eigenvalue weighted by Crippen LogP contribution is 2.49. The number of nitrogens with two attached hydrogens (primary N) is 1. The summed E-state index contributed by atoms with van der Waals surface area (Å²) in [6, 6.07) is 11.0. The van der Waals surface area contributed by atoms with Crippen molar-refractivity contribution in [1.82, 2.24) is 4.90 Å². The average Bonchev–Trinajstić information content (AvgIpc) is 2.78. The Bertz CT molecular complexity index is 794. The van der Waals surface area contributed by atoms with Crippen LogP contribution in [0.25, 0.3) is 0 Å². The molecule has 29 heavy (non-hydrogen) atoms. The summed E-state index contributed by atoms with van der Waals surface area (Å²) >= 11 is 0. The summed E-state index contributed by atoms with van der Waals surface area (Å²) in [6.45, 7) is 7.10. The molecule has 0 bridgehead atoms. The van der Waals surface area contributed by atoms with Crippen LogP contribution in [-0.4, -0.2) is 50.5 Å². The fourth-order valence-electron chi connectivity index (χ4n) is 5.24. The number of nitrogens with zero attached hydrogens (tertiary/aromatic N) is 3. The molecule has 6 nitrogen and oxygen atoms in total. The molecule has 156 valence electrons. The third kappa shape index (κ3) is 3.58. The molecule has 0 amide bonds. The van der Waals surface area contributed by atoms with E-state index in [1.165, 1.54) is 24.9 Å². The van der Waals surface area contributed by atoms with Gasteiger partial charge in [0.05, 0.1) is 5.57 Å². The summed E-state index contributed by atoms with van der Waals surface area (Å²) in [7, 11) is 1.69. The van der Waals surface area contributed by atoms with E-state index in [1.54, 1.807) is 7.11 Å². The predicted octanol–water partition coefficient (Wildman–Crippen LogP) is 3.17. The number of nitriles is 1. The van der Waals surface area contributed by atoms with E-state index in [0.717, 1.165) is 44.7 Å². The standard InChI is InChI=1S/C23H32N4O2/c1-3-26-14-11-23(28-2)20(16-26)21(19(15-24)22(25)29-23)17-7-9-18(10-8-17)27-12-5-4-6-13-27/h7-10,20-21H,3-6,11-14,16,25H2,1-2H3/t20-,21+,23+/m0/s1. The molecule has 6 heteroatoms. The summed E-state index contributed by atoms with van der Waals surface area (Å²) < 4.78 is 12.0. The van der Waals surface area contributed by atoms with Crippen molar-refractivity contribution in [2.45, 2.75) is 44.3 Å². The van der Waals surface area contributed by atoms with Crippen LogP contribution in [0.5, 0.6) is 0 Å². The molecule has 3 heterocycles. The SMILES string of the molecule is CCN1CC[C@@]2(OC)OC(N)=C(C#N)[C@@H](c3ccc(N4CCCCC4)cc3)[C@@H]2C1. The molecule has 0 unspecified atom stereocenters. The Labute approximate surface area is 173 Å². The molecule has 0 saturated carbocycles. The minimum atomic E-state index is -0.772. The summed E-state index contributed by atoms with van der Waals surface area (Å²) in [6.07, 6.45) is 4.57. The number of hydrogen-bond donors (Lipinski definition) is 1. The van der Waals surface area contributed by atoms with Crippen molar-refractivity contribution < 1.29 is 9.47 Å². The molecular formula is C23H32N4O2. The maximum absolute atomic E-state index is 9.89. The highest BCUT2D eigenvalue weighted by atomic mass is 16.7. The van der Waals surface area contributed by atoms with Crippen molar-refractivity contribution in [3.05, 3.63) is 41.3 Å². The summed E-state index contributed by atoms with van der Waals surface area (Å²) in [5.74, 6) is -0.671. The Hall–Kier alpha value is -2.23. The van der Waals surface area contributed by atoms with Crippen LogP contribution in [0.1, 0.15) is 44.1 Å². The fourth-order valence-corrected chi connectivity index (χ4v) is 5.24. The zero-order valence-corrected chi connectivity index (χ0v) is 17.6. The van der Waals surface area contributed by atoms with E-state index in [1.807, 2.05) is 0 Å². The number of allylic oxidation sites excluding steroid dienone is 1. The highest BCUT2D eigenvalue weighted by Gasteiger charge is 2.54. The second-order valence-corrected chi connectivity index (χ2v) is 8.37. The number of piperidine rings is 2. The second-order valence-electron chi connectivity index (χ2n) is 8.37. The Kier molecular flexibility index (Phi) is 5.71. The quantitative estimate of drug-likeness (QED) is 0.843. The Morgan fingerprint density at radius 3 is 2.55 bits per heavy atom. The molecular weight excluding hydrogens is 364 g/mol. The van der Waals surface area contributed by atoms with E-state index in [2.05, 4.69) is 47.1 Å². The van der Waals surface area contributed by atoms with E-state index in [0.29, 0.717) is 5.57 Å². The van der Waals surface area contributed by atoms with Crippen LogP contribution in [0.4, 0.5) is 5.69 Å². The molecule has 0 radical (unpaired) electrons. The smallest absolute Gasteiger partial charge is 0.218 e. The summed E-state index contributed by atoms with van der Waals surface area (Å²) in [5.41, 5.74) is 9.12. The number of anilines is 1. The van der Waals surface area contributed by atoms with Gasteiger partial charge < -0.3 is 25.0 Å². The van der Waals surface area contributed by atoms with E-state index < -0.39 is 5.79 Å². The first kappa shape index (κ1) is 20.1. The molecule has 1 aromatic rings. The first-order valence-electron chi connectivity index (χ1n) is 10.8. The monoisotopic (exact) mass is 396 g/mol. The highest BCUT2D eigenvalue weighted by molar-refractivity contribution is 5.51. The Morgan fingerprint density at radius 1 is 1.21 bits per heavy atom. The Morgan fingerprint density at radius 2 is 1.93 bits per heavy atom. The second kappa shape index (κ2) is 8.25. The maximum Gasteiger partial charge on any atom is 0.218 e. The first-order valence-corrected chi connectivity index (χ1v) is 10.8. The van der Waals surface area contributed by atoms with Gasteiger partial charge in [-0.2, -0.15) is 5.26 Å². The van der Waals surface area contributed by atoms with Crippen molar-refractivity contribution in [2.24, 2.45) is 11.7 Å². The molecule has 2 N–H and O–H groups in total. The summed E-state index contributed by atoms with van der Waals surface area (Å²) in [4.78, 5) is 4.85. The van der Waals surface area contributed by atoms with Crippen LogP contribution in [0.3, 0.4) is 0 Å². The lowest BCUT2D eigenvalue weighted by molar-refractivity contribution is -0.265. The van der Waals surface area contributed by atoms with E-state index in [4.69, 9.17) is 15.2 Å². The van der Waals surface area contributed by atoms with Crippen molar-refractivity contribution >= 4 is 5.69 Å². The average molecular weight is 397 g/mol.